The predicted octanol–water partition coefficient (Wildman–Crippen LogP) is 2.29. The zero-order valence-electron chi connectivity index (χ0n) is 16.8. The van der Waals surface area contributed by atoms with Gasteiger partial charge in [0.2, 0.25) is 0 Å². The van der Waals surface area contributed by atoms with Gasteiger partial charge in [-0.05, 0) is 34.1 Å². The molecule has 148 valence electrons. The molecule has 1 amide bonds. The van der Waals surface area contributed by atoms with Gasteiger partial charge in [-0.1, -0.05) is 6.92 Å². The molecule has 2 atom stereocenters. The number of ether oxygens (including phenoxy) is 1. The Hall–Kier alpha value is -2.58. The largest absolute Gasteiger partial charge is 0.479 e. The quantitative estimate of drug-likeness (QED) is 0.859. The van der Waals surface area contributed by atoms with Crippen LogP contribution in [0.5, 0.6) is 6.01 Å². The van der Waals surface area contributed by atoms with Crippen molar-refractivity contribution >= 4 is 23.1 Å². The van der Waals surface area contributed by atoms with Crippen molar-refractivity contribution < 1.29 is 14.6 Å². The molecule has 2 aromatic heterocycles. The summed E-state index contributed by atoms with van der Waals surface area (Å²) in [7, 11) is 1.82. The van der Waals surface area contributed by atoms with Gasteiger partial charge in [-0.2, -0.15) is 9.97 Å². The summed E-state index contributed by atoms with van der Waals surface area (Å²) in [4.78, 5) is 29.3. The number of aromatic hydroxyl groups is 1. The van der Waals surface area contributed by atoms with E-state index in [1.54, 1.807) is 15.8 Å². The Bertz CT molecular complexity index is 843. The number of imidazole rings is 1. The van der Waals surface area contributed by atoms with Gasteiger partial charge in [-0.3, -0.25) is 0 Å². The lowest BCUT2D eigenvalue weighted by atomic mass is 10.1. The first-order valence-electron chi connectivity index (χ1n) is 9.25. The predicted molar refractivity (Wildman–Crippen MR) is 102 cm³/mol. The highest BCUT2D eigenvalue weighted by atomic mass is 16.6. The topological polar surface area (TPSA) is 96.6 Å². The van der Waals surface area contributed by atoms with Gasteiger partial charge in [0.25, 0.3) is 0 Å². The number of anilines is 1. The second kappa shape index (κ2) is 6.86. The Morgan fingerprint density at radius 1 is 1.33 bits per heavy atom. The molecule has 0 bridgehead atoms. The second-order valence-electron chi connectivity index (χ2n) is 8.07. The molecule has 0 unspecified atom stereocenters. The normalized spacial score (nSPS) is 21.0. The van der Waals surface area contributed by atoms with Crippen LogP contribution in [0.25, 0.3) is 11.2 Å². The van der Waals surface area contributed by atoms with Crippen molar-refractivity contribution in [2.45, 2.75) is 58.7 Å². The van der Waals surface area contributed by atoms with Crippen molar-refractivity contribution in [1.82, 2.24) is 24.4 Å². The summed E-state index contributed by atoms with van der Waals surface area (Å²) in [6, 6.07) is -0.317. The van der Waals surface area contributed by atoms with Gasteiger partial charge in [-0.15, -0.1) is 0 Å². The molecular formula is C18H28N6O3. The van der Waals surface area contributed by atoms with Crippen molar-refractivity contribution in [3.05, 3.63) is 6.33 Å². The van der Waals surface area contributed by atoms with E-state index >= 15 is 0 Å². The number of amides is 1. The minimum absolute atomic E-state index is 0.0141. The van der Waals surface area contributed by atoms with Crippen molar-refractivity contribution in [2.75, 3.05) is 18.0 Å². The van der Waals surface area contributed by atoms with E-state index < -0.39 is 5.60 Å². The molecular weight excluding hydrogens is 348 g/mol. The van der Waals surface area contributed by atoms with Crippen LogP contribution in [0, 0.1) is 0 Å². The van der Waals surface area contributed by atoms with Crippen molar-refractivity contribution in [3.8, 4) is 6.01 Å². The third kappa shape index (κ3) is 3.77. The Balaban J connectivity index is 1.91. The average molecular weight is 376 g/mol. The van der Waals surface area contributed by atoms with E-state index in [9.17, 15) is 9.90 Å². The smallest absolute Gasteiger partial charge is 0.410 e. The fourth-order valence-electron chi connectivity index (χ4n) is 3.41. The number of fused-ring (bicyclic) bond motifs is 1. The minimum Gasteiger partial charge on any atom is -0.479 e. The summed E-state index contributed by atoms with van der Waals surface area (Å²) in [5.74, 6) is 0.591. The summed E-state index contributed by atoms with van der Waals surface area (Å²) in [6.45, 7) is 10.8. The lowest BCUT2D eigenvalue weighted by molar-refractivity contribution is 0.0106. The third-order valence-electron chi connectivity index (χ3n) is 4.74. The molecule has 1 aliphatic rings. The van der Waals surface area contributed by atoms with E-state index in [4.69, 9.17) is 4.74 Å². The van der Waals surface area contributed by atoms with Crippen LogP contribution in [0.2, 0.25) is 0 Å². The van der Waals surface area contributed by atoms with Crippen LogP contribution in [0.3, 0.4) is 0 Å². The van der Waals surface area contributed by atoms with E-state index in [1.807, 2.05) is 41.7 Å². The number of rotatable bonds is 2. The molecule has 0 aliphatic carbocycles. The number of carbonyl (C=O) groups is 1. The molecule has 27 heavy (non-hydrogen) atoms. The number of piperazine rings is 1. The maximum Gasteiger partial charge on any atom is 0.410 e. The molecule has 3 heterocycles. The van der Waals surface area contributed by atoms with Crippen molar-refractivity contribution in [3.63, 3.8) is 0 Å². The van der Waals surface area contributed by atoms with Gasteiger partial charge in [0.15, 0.2) is 17.0 Å². The van der Waals surface area contributed by atoms with Crippen LogP contribution >= 0.6 is 0 Å². The minimum atomic E-state index is -0.533. The summed E-state index contributed by atoms with van der Waals surface area (Å²) >= 11 is 0. The highest BCUT2D eigenvalue weighted by Crippen LogP contribution is 2.30. The molecule has 3 rings (SSSR count). The third-order valence-corrected chi connectivity index (χ3v) is 4.74. The fourth-order valence-corrected chi connectivity index (χ4v) is 3.41. The number of aryl methyl sites for hydroxylation is 1. The molecule has 0 saturated carbocycles. The molecule has 1 fully saturated rings. The average Bonchev–Trinajstić information content (AvgIpc) is 2.93. The lowest BCUT2D eigenvalue weighted by Gasteiger charge is -2.45. The van der Waals surface area contributed by atoms with E-state index in [0.717, 1.165) is 6.42 Å². The zero-order valence-corrected chi connectivity index (χ0v) is 16.8. The first kappa shape index (κ1) is 19.2. The molecule has 1 aliphatic heterocycles. The maximum absolute atomic E-state index is 12.6. The van der Waals surface area contributed by atoms with Crippen molar-refractivity contribution in [2.24, 2.45) is 7.05 Å². The standard InChI is InChI=1S/C18H28N6O3/c1-7-12-9-23(11(2)8-24(12)17(26)27-18(3,4)5)15-13-14(20-16(25)21-15)22(6)10-19-13/h10-12H,7-9H2,1-6H3,(H,20,21,25)/t11-,12+/m0/s1. The van der Waals surface area contributed by atoms with E-state index in [-0.39, 0.29) is 24.2 Å². The Morgan fingerprint density at radius 2 is 2.04 bits per heavy atom. The van der Waals surface area contributed by atoms with Gasteiger partial charge in [0.1, 0.15) is 5.60 Å². The monoisotopic (exact) mass is 376 g/mol. The highest BCUT2D eigenvalue weighted by molar-refractivity contribution is 5.84. The first-order chi connectivity index (χ1) is 12.6. The van der Waals surface area contributed by atoms with E-state index in [0.29, 0.717) is 30.1 Å². The molecule has 0 radical (unpaired) electrons. The van der Waals surface area contributed by atoms with Crippen LogP contribution in [0.15, 0.2) is 6.33 Å². The first-order valence-corrected chi connectivity index (χ1v) is 9.25. The Kier molecular flexibility index (Phi) is 4.88. The summed E-state index contributed by atoms with van der Waals surface area (Å²) in [5.41, 5.74) is 0.684. The van der Waals surface area contributed by atoms with Crippen LogP contribution in [-0.4, -0.2) is 66.4 Å². The number of carbonyl (C=O) groups excluding carboxylic acids is 1. The van der Waals surface area contributed by atoms with Gasteiger partial charge in [0, 0.05) is 26.2 Å². The number of hydrogen-bond acceptors (Lipinski definition) is 7. The van der Waals surface area contributed by atoms with Crippen LogP contribution in [0.1, 0.15) is 41.0 Å². The number of hydrogen-bond donors (Lipinski definition) is 1. The Labute approximate surface area is 159 Å². The molecule has 1 saturated heterocycles. The van der Waals surface area contributed by atoms with Gasteiger partial charge >= 0.3 is 12.1 Å². The van der Waals surface area contributed by atoms with Crippen LogP contribution in [0.4, 0.5) is 10.6 Å². The van der Waals surface area contributed by atoms with E-state index in [2.05, 4.69) is 19.9 Å². The molecule has 2 aromatic rings. The van der Waals surface area contributed by atoms with Crippen LogP contribution < -0.4 is 4.90 Å². The number of aromatic nitrogens is 4. The zero-order chi connectivity index (χ0) is 19.9. The summed E-state index contributed by atoms with van der Waals surface area (Å²) < 4.78 is 7.33. The van der Waals surface area contributed by atoms with Gasteiger partial charge in [0.05, 0.1) is 12.4 Å². The summed E-state index contributed by atoms with van der Waals surface area (Å²) in [6.07, 6.45) is 2.14. The maximum atomic E-state index is 12.6. The van der Waals surface area contributed by atoms with Crippen molar-refractivity contribution in [1.29, 1.82) is 0 Å². The molecule has 0 aromatic carbocycles. The van der Waals surface area contributed by atoms with E-state index in [1.165, 1.54) is 0 Å². The van der Waals surface area contributed by atoms with Gasteiger partial charge in [-0.25, -0.2) is 9.78 Å². The Morgan fingerprint density at radius 3 is 2.67 bits per heavy atom. The fraction of sp³-hybridized carbons (Fsp3) is 0.667. The molecule has 9 nitrogen and oxygen atoms in total. The number of nitrogens with zero attached hydrogens (tertiary/aromatic N) is 6. The highest BCUT2D eigenvalue weighted by Gasteiger charge is 2.37. The van der Waals surface area contributed by atoms with Crippen LogP contribution in [-0.2, 0) is 11.8 Å². The molecule has 1 N–H and O–H groups in total. The molecule has 0 spiro atoms. The second-order valence-corrected chi connectivity index (χ2v) is 8.07. The molecule has 9 heteroatoms. The van der Waals surface area contributed by atoms with Gasteiger partial charge < -0.3 is 24.2 Å². The SMILES string of the molecule is CC[C@@H]1CN(c2nc(O)nc3c2ncn3C)[C@@H](C)CN1C(=O)OC(C)(C)C. The summed E-state index contributed by atoms with van der Waals surface area (Å²) in [5, 5.41) is 9.99. The lowest BCUT2D eigenvalue weighted by Crippen LogP contribution is -2.60.